The van der Waals surface area contributed by atoms with E-state index in [1.807, 2.05) is 16.2 Å². The largest absolute Gasteiger partial charge is 0.340 e. The molecule has 56 valence electrons. The molecular weight excluding hydrogens is 138 g/mol. The molecule has 6 nitrogen and oxygen atoms in total. The van der Waals surface area contributed by atoms with E-state index in [0.29, 0.717) is 0 Å². The molecule has 0 rings (SSSR count). The minimum atomic E-state index is -0.764. The Hall–Kier alpha value is -1.59. The van der Waals surface area contributed by atoms with Crippen molar-refractivity contribution in [3.8, 4) is 0 Å². The summed E-state index contributed by atoms with van der Waals surface area (Å²) in [6, 6.07) is -0.764. The van der Waals surface area contributed by atoms with Crippen molar-refractivity contribution in [1.82, 2.24) is 16.2 Å². The number of hydrazine groups is 1. The van der Waals surface area contributed by atoms with Crippen LogP contribution in [-0.4, -0.2) is 18.3 Å². The molecule has 0 aliphatic carbocycles. The quantitative estimate of drug-likeness (QED) is 0.326. The first-order valence-corrected chi connectivity index (χ1v) is 2.43. The fraction of sp³-hybridized carbons (Fsp3) is 0.250. The minimum Gasteiger partial charge on any atom is -0.277 e. The summed E-state index contributed by atoms with van der Waals surface area (Å²) in [5.41, 5.74) is 3.73. The molecule has 4 amide bonds. The molecule has 0 saturated heterocycles. The number of imide groups is 1. The third kappa shape index (κ3) is 4.57. The van der Waals surface area contributed by atoms with E-state index in [9.17, 15) is 14.4 Å². The van der Waals surface area contributed by atoms with E-state index in [1.54, 1.807) is 0 Å². The predicted octanol–water partition coefficient (Wildman–Crippen LogP) is -1.51. The molecule has 0 bridgehead atoms. The monoisotopic (exact) mass is 145 g/mol. The molecule has 0 radical (unpaired) electrons. The summed E-state index contributed by atoms with van der Waals surface area (Å²) in [5, 5.41) is 1.87. The highest BCUT2D eigenvalue weighted by atomic mass is 16.2. The normalized spacial score (nSPS) is 7.70. The first kappa shape index (κ1) is 8.41. The average molecular weight is 145 g/mol. The van der Waals surface area contributed by atoms with Gasteiger partial charge in [-0.1, -0.05) is 0 Å². The molecule has 0 saturated carbocycles. The highest BCUT2D eigenvalue weighted by Gasteiger charge is 1.98. The van der Waals surface area contributed by atoms with Gasteiger partial charge in [-0.05, 0) is 0 Å². The zero-order chi connectivity index (χ0) is 7.98. The van der Waals surface area contributed by atoms with Crippen LogP contribution in [0.3, 0.4) is 0 Å². The highest BCUT2D eigenvalue weighted by molar-refractivity contribution is 5.93. The summed E-state index contributed by atoms with van der Waals surface area (Å²) in [6.07, 6.45) is 0.277. The van der Waals surface area contributed by atoms with Gasteiger partial charge in [0.25, 0.3) is 0 Å². The van der Waals surface area contributed by atoms with Crippen molar-refractivity contribution in [3.05, 3.63) is 0 Å². The van der Waals surface area contributed by atoms with Gasteiger partial charge in [-0.25, -0.2) is 10.2 Å². The van der Waals surface area contributed by atoms with Gasteiger partial charge in [0.1, 0.15) is 0 Å². The number of urea groups is 1. The maximum atomic E-state index is 10.3. The van der Waals surface area contributed by atoms with Gasteiger partial charge in [0.2, 0.25) is 12.3 Å². The van der Waals surface area contributed by atoms with Crippen molar-refractivity contribution in [2.75, 3.05) is 0 Å². The van der Waals surface area contributed by atoms with Crippen LogP contribution in [0.25, 0.3) is 0 Å². The zero-order valence-electron chi connectivity index (χ0n) is 5.30. The summed E-state index contributed by atoms with van der Waals surface area (Å²) in [7, 11) is 0. The molecule has 0 aromatic carbocycles. The van der Waals surface area contributed by atoms with Crippen molar-refractivity contribution in [3.63, 3.8) is 0 Å². The zero-order valence-corrected chi connectivity index (χ0v) is 5.30. The Bertz CT molecular complexity index is 156. The second-order valence-corrected chi connectivity index (χ2v) is 1.40. The first-order valence-electron chi connectivity index (χ1n) is 2.43. The van der Waals surface area contributed by atoms with Crippen LogP contribution < -0.4 is 16.2 Å². The molecule has 0 atom stereocenters. The van der Waals surface area contributed by atoms with Crippen LogP contribution in [0.2, 0.25) is 0 Å². The van der Waals surface area contributed by atoms with Gasteiger partial charge in [0.15, 0.2) is 0 Å². The van der Waals surface area contributed by atoms with Crippen molar-refractivity contribution in [1.29, 1.82) is 0 Å². The molecule has 0 fully saturated rings. The fourth-order valence-corrected chi connectivity index (χ4v) is 0.286. The summed E-state index contributed by atoms with van der Waals surface area (Å²) in [4.78, 5) is 30.0. The molecule has 0 aromatic heterocycles. The second kappa shape index (κ2) is 4.30. The van der Waals surface area contributed by atoms with Crippen LogP contribution in [-0.2, 0) is 9.59 Å². The van der Waals surface area contributed by atoms with Crippen LogP contribution in [0.1, 0.15) is 6.92 Å². The smallest absolute Gasteiger partial charge is 0.277 e. The molecule has 10 heavy (non-hydrogen) atoms. The Morgan fingerprint density at radius 2 is 2.00 bits per heavy atom. The third-order valence-electron chi connectivity index (χ3n) is 0.534. The van der Waals surface area contributed by atoms with Crippen LogP contribution in [0.5, 0.6) is 0 Å². The number of nitrogens with one attached hydrogen (secondary N) is 3. The Morgan fingerprint density at radius 1 is 1.40 bits per heavy atom. The molecule has 3 N–H and O–H groups in total. The number of carbonyl (C=O) groups excluding carboxylic acids is 3. The van der Waals surface area contributed by atoms with E-state index in [0.717, 1.165) is 0 Å². The number of hydrogen-bond donors (Lipinski definition) is 3. The van der Waals surface area contributed by atoms with Crippen LogP contribution in [0.15, 0.2) is 0 Å². The lowest BCUT2D eigenvalue weighted by atomic mass is 10.7. The van der Waals surface area contributed by atoms with Crippen LogP contribution >= 0.6 is 0 Å². The van der Waals surface area contributed by atoms with E-state index in [1.165, 1.54) is 6.92 Å². The van der Waals surface area contributed by atoms with Gasteiger partial charge >= 0.3 is 6.03 Å². The van der Waals surface area contributed by atoms with Crippen molar-refractivity contribution in [2.24, 2.45) is 0 Å². The lowest BCUT2D eigenvalue weighted by Crippen LogP contribution is -2.45. The van der Waals surface area contributed by atoms with Gasteiger partial charge in [-0.15, -0.1) is 0 Å². The summed E-state index contributed by atoms with van der Waals surface area (Å²) in [5.74, 6) is -0.495. The van der Waals surface area contributed by atoms with Crippen LogP contribution in [0, 0.1) is 0 Å². The SMILES string of the molecule is CC(=O)NC(=O)NNC=O. The molecule has 0 aromatic rings. The van der Waals surface area contributed by atoms with Crippen molar-refractivity contribution >= 4 is 18.3 Å². The second-order valence-electron chi connectivity index (χ2n) is 1.40. The molecule has 0 aliphatic heterocycles. The van der Waals surface area contributed by atoms with Gasteiger partial charge in [0.05, 0.1) is 0 Å². The number of hydrogen-bond acceptors (Lipinski definition) is 3. The summed E-state index contributed by atoms with van der Waals surface area (Å²) < 4.78 is 0. The van der Waals surface area contributed by atoms with E-state index < -0.39 is 11.9 Å². The van der Waals surface area contributed by atoms with Gasteiger partial charge in [-0.2, -0.15) is 0 Å². The number of carbonyl (C=O) groups is 3. The van der Waals surface area contributed by atoms with E-state index in [4.69, 9.17) is 0 Å². The van der Waals surface area contributed by atoms with Gasteiger partial charge in [-0.3, -0.25) is 20.3 Å². The lowest BCUT2D eigenvalue weighted by Gasteiger charge is -2.00. The van der Waals surface area contributed by atoms with Crippen LogP contribution in [0.4, 0.5) is 4.79 Å². The maximum absolute atomic E-state index is 10.3. The predicted molar refractivity (Wildman–Crippen MR) is 31.5 cm³/mol. The lowest BCUT2D eigenvalue weighted by molar-refractivity contribution is -0.118. The summed E-state index contributed by atoms with van der Waals surface area (Å²) in [6.45, 7) is 1.18. The fourth-order valence-electron chi connectivity index (χ4n) is 0.286. The van der Waals surface area contributed by atoms with E-state index in [2.05, 4.69) is 0 Å². The molecule has 6 heteroatoms. The minimum absolute atomic E-state index is 0.277. The molecule has 0 spiro atoms. The Morgan fingerprint density at radius 3 is 2.40 bits per heavy atom. The van der Waals surface area contributed by atoms with E-state index in [-0.39, 0.29) is 6.41 Å². The molecule has 0 heterocycles. The van der Waals surface area contributed by atoms with E-state index >= 15 is 0 Å². The molecular formula is C4H7N3O3. The molecule has 0 aliphatic rings. The third-order valence-corrected chi connectivity index (χ3v) is 0.534. The van der Waals surface area contributed by atoms with Gasteiger partial charge in [0, 0.05) is 6.92 Å². The van der Waals surface area contributed by atoms with Crippen molar-refractivity contribution < 1.29 is 14.4 Å². The molecule has 0 unspecified atom stereocenters. The maximum Gasteiger partial charge on any atom is 0.340 e. The summed E-state index contributed by atoms with van der Waals surface area (Å²) >= 11 is 0. The first-order chi connectivity index (χ1) is 4.66. The Labute approximate surface area is 56.9 Å². The topological polar surface area (TPSA) is 87.3 Å². The Kier molecular flexibility index (Phi) is 3.62. The Balaban J connectivity index is 3.43. The van der Waals surface area contributed by atoms with Gasteiger partial charge < -0.3 is 0 Å². The van der Waals surface area contributed by atoms with Crippen molar-refractivity contribution in [2.45, 2.75) is 6.92 Å². The number of rotatable bonds is 2. The number of amides is 4. The standard InChI is InChI=1S/C4H7N3O3/c1-3(9)6-4(10)7-5-2-8/h2H,1H3,(H,5,8)(H2,6,7,9,10). The highest BCUT2D eigenvalue weighted by Crippen LogP contribution is 1.60. The average Bonchev–Trinajstić information content (AvgIpc) is 1.82.